The largest absolute Gasteiger partial charge is 0.391 e. The minimum absolute atomic E-state index is 0.189. The molecule has 0 heterocycles. The first-order chi connectivity index (χ1) is 8.34. The van der Waals surface area contributed by atoms with Gasteiger partial charge in [0.15, 0.2) is 0 Å². The van der Waals surface area contributed by atoms with Gasteiger partial charge in [0.05, 0.1) is 5.92 Å². The van der Waals surface area contributed by atoms with Crippen LogP contribution in [0.25, 0.3) is 0 Å². The van der Waals surface area contributed by atoms with Crippen molar-refractivity contribution in [3.05, 3.63) is 0 Å². The van der Waals surface area contributed by atoms with Crippen LogP contribution in [-0.4, -0.2) is 19.3 Å². The van der Waals surface area contributed by atoms with Gasteiger partial charge >= 0.3 is 6.18 Å². The lowest BCUT2D eigenvalue weighted by Crippen LogP contribution is -2.39. The second-order valence-electron chi connectivity index (χ2n) is 6.03. The van der Waals surface area contributed by atoms with Crippen LogP contribution in [0.3, 0.4) is 0 Å². The molecule has 0 amide bonds. The molecule has 0 aliphatic heterocycles. The third-order valence-electron chi connectivity index (χ3n) is 4.17. The van der Waals surface area contributed by atoms with Crippen molar-refractivity contribution in [1.82, 2.24) is 5.32 Å². The van der Waals surface area contributed by atoms with Gasteiger partial charge in [-0.15, -0.1) is 0 Å². The van der Waals surface area contributed by atoms with E-state index in [1.54, 1.807) is 0 Å². The summed E-state index contributed by atoms with van der Waals surface area (Å²) in [5, 5.41) is 3.23. The van der Waals surface area contributed by atoms with Crippen molar-refractivity contribution >= 4 is 0 Å². The Morgan fingerprint density at radius 3 is 2.33 bits per heavy atom. The van der Waals surface area contributed by atoms with Crippen molar-refractivity contribution < 1.29 is 13.2 Å². The van der Waals surface area contributed by atoms with Crippen molar-refractivity contribution in [3.63, 3.8) is 0 Å². The smallest absolute Gasteiger partial charge is 0.317 e. The molecule has 0 aromatic carbocycles. The van der Waals surface area contributed by atoms with Gasteiger partial charge < -0.3 is 5.32 Å². The molecule has 1 nitrogen and oxygen atoms in total. The highest BCUT2D eigenvalue weighted by molar-refractivity contribution is 4.84. The van der Waals surface area contributed by atoms with E-state index in [0.717, 1.165) is 19.3 Å². The molecule has 3 unspecified atom stereocenters. The van der Waals surface area contributed by atoms with E-state index >= 15 is 0 Å². The predicted octanol–water partition coefficient (Wildman–Crippen LogP) is 4.38. The first-order valence-corrected chi connectivity index (χ1v) is 7.08. The fourth-order valence-electron chi connectivity index (χ4n) is 3.02. The minimum atomic E-state index is -4.00. The SMILES string of the molecule is CNC(CCC(C)C)C1CCCC(C(F)(F)F)C1. The molecule has 0 spiro atoms. The molecule has 1 N–H and O–H groups in total. The van der Waals surface area contributed by atoms with Gasteiger partial charge in [0, 0.05) is 6.04 Å². The average Bonchev–Trinajstić information content (AvgIpc) is 2.29. The molecule has 0 aromatic heterocycles. The molecule has 1 fully saturated rings. The predicted molar refractivity (Wildman–Crippen MR) is 68.4 cm³/mol. The standard InChI is InChI=1S/C14H26F3N/c1-10(2)7-8-13(18-3)11-5-4-6-12(9-11)14(15,16)17/h10-13,18H,4-9H2,1-3H3. The van der Waals surface area contributed by atoms with Crippen LogP contribution >= 0.6 is 0 Å². The summed E-state index contributed by atoms with van der Waals surface area (Å²) in [4.78, 5) is 0. The van der Waals surface area contributed by atoms with Crippen LogP contribution in [0.4, 0.5) is 13.2 Å². The number of nitrogens with one attached hydrogen (secondary N) is 1. The summed E-state index contributed by atoms with van der Waals surface area (Å²) in [6, 6.07) is 0.248. The molecule has 0 bridgehead atoms. The Labute approximate surface area is 109 Å². The fourth-order valence-corrected chi connectivity index (χ4v) is 3.02. The molecule has 1 saturated carbocycles. The van der Waals surface area contributed by atoms with Crippen molar-refractivity contribution in [1.29, 1.82) is 0 Å². The molecule has 0 saturated heterocycles. The first kappa shape index (κ1) is 15.8. The molecule has 18 heavy (non-hydrogen) atoms. The molecule has 3 atom stereocenters. The lowest BCUT2D eigenvalue weighted by molar-refractivity contribution is -0.186. The second-order valence-corrected chi connectivity index (χ2v) is 6.03. The lowest BCUT2D eigenvalue weighted by Gasteiger charge is -2.35. The van der Waals surface area contributed by atoms with Gasteiger partial charge in [0.25, 0.3) is 0 Å². The number of halogens is 3. The monoisotopic (exact) mass is 265 g/mol. The van der Waals surface area contributed by atoms with Gasteiger partial charge in [-0.3, -0.25) is 0 Å². The van der Waals surface area contributed by atoms with Crippen LogP contribution in [0.2, 0.25) is 0 Å². The molecule has 0 aromatic rings. The molecule has 4 heteroatoms. The van der Waals surface area contributed by atoms with Crippen LogP contribution in [-0.2, 0) is 0 Å². The summed E-state index contributed by atoms with van der Waals surface area (Å²) in [5.41, 5.74) is 0. The van der Waals surface area contributed by atoms with E-state index in [9.17, 15) is 13.2 Å². The van der Waals surface area contributed by atoms with Crippen LogP contribution in [0, 0.1) is 17.8 Å². The Morgan fingerprint density at radius 2 is 1.83 bits per heavy atom. The zero-order chi connectivity index (χ0) is 13.8. The number of hydrogen-bond acceptors (Lipinski definition) is 1. The van der Waals surface area contributed by atoms with Gasteiger partial charge in [0.1, 0.15) is 0 Å². The number of hydrogen-bond donors (Lipinski definition) is 1. The third-order valence-corrected chi connectivity index (χ3v) is 4.17. The van der Waals surface area contributed by atoms with Gasteiger partial charge in [-0.05, 0) is 51.0 Å². The summed E-state index contributed by atoms with van der Waals surface area (Å²) in [6.07, 6.45) is 0.357. The third kappa shape index (κ3) is 4.79. The Bertz CT molecular complexity index is 238. The van der Waals surface area contributed by atoms with E-state index in [-0.39, 0.29) is 12.0 Å². The van der Waals surface area contributed by atoms with Gasteiger partial charge in [0.2, 0.25) is 0 Å². The Kier molecular flexibility index (Phi) is 5.96. The number of rotatable bonds is 5. The Morgan fingerprint density at radius 1 is 1.17 bits per heavy atom. The van der Waals surface area contributed by atoms with Crippen molar-refractivity contribution in [2.75, 3.05) is 7.05 Å². The number of alkyl halides is 3. The van der Waals surface area contributed by atoms with Crippen LogP contribution < -0.4 is 5.32 Å². The van der Waals surface area contributed by atoms with Crippen LogP contribution in [0.1, 0.15) is 52.4 Å². The van der Waals surface area contributed by atoms with E-state index in [1.807, 2.05) is 7.05 Å². The highest BCUT2D eigenvalue weighted by Crippen LogP contribution is 2.41. The molecule has 0 radical (unpaired) electrons. The molecule has 1 aliphatic carbocycles. The summed E-state index contributed by atoms with van der Waals surface area (Å²) in [6.45, 7) is 4.32. The summed E-state index contributed by atoms with van der Waals surface area (Å²) >= 11 is 0. The van der Waals surface area contributed by atoms with E-state index in [2.05, 4.69) is 19.2 Å². The van der Waals surface area contributed by atoms with Crippen molar-refractivity contribution in [3.8, 4) is 0 Å². The van der Waals surface area contributed by atoms with Gasteiger partial charge in [-0.25, -0.2) is 0 Å². The van der Waals surface area contributed by atoms with Crippen molar-refractivity contribution in [2.24, 2.45) is 17.8 Å². The summed E-state index contributed by atoms with van der Waals surface area (Å²) in [7, 11) is 1.88. The Balaban J connectivity index is 2.52. The van der Waals surface area contributed by atoms with Crippen LogP contribution in [0.15, 0.2) is 0 Å². The lowest BCUT2D eigenvalue weighted by atomic mass is 9.76. The normalized spacial score (nSPS) is 27.5. The van der Waals surface area contributed by atoms with E-state index < -0.39 is 12.1 Å². The summed E-state index contributed by atoms with van der Waals surface area (Å²) < 4.78 is 38.3. The molecule has 1 aliphatic rings. The van der Waals surface area contributed by atoms with E-state index in [0.29, 0.717) is 25.2 Å². The second kappa shape index (κ2) is 6.78. The molecular formula is C14H26F3N. The van der Waals surface area contributed by atoms with Crippen molar-refractivity contribution in [2.45, 2.75) is 64.6 Å². The Hall–Kier alpha value is -0.250. The maximum Gasteiger partial charge on any atom is 0.391 e. The van der Waals surface area contributed by atoms with Gasteiger partial charge in [-0.1, -0.05) is 20.3 Å². The van der Waals surface area contributed by atoms with Gasteiger partial charge in [-0.2, -0.15) is 13.2 Å². The first-order valence-electron chi connectivity index (χ1n) is 7.08. The van der Waals surface area contributed by atoms with E-state index in [4.69, 9.17) is 0 Å². The van der Waals surface area contributed by atoms with Crippen LogP contribution in [0.5, 0.6) is 0 Å². The maximum atomic E-state index is 12.8. The molecule has 108 valence electrons. The topological polar surface area (TPSA) is 12.0 Å². The van der Waals surface area contributed by atoms with E-state index in [1.165, 1.54) is 0 Å². The maximum absolute atomic E-state index is 12.8. The average molecular weight is 265 g/mol. The molecular weight excluding hydrogens is 239 g/mol. The quantitative estimate of drug-likeness (QED) is 0.778. The minimum Gasteiger partial charge on any atom is -0.317 e. The molecule has 1 rings (SSSR count). The zero-order valence-electron chi connectivity index (χ0n) is 11.7. The highest BCUT2D eigenvalue weighted by atomic mass is 19.4. The zero-order valence-corrected chi connectivity index (χ0v) is 11.7. The highest BCUT2D eigenvalue weighted by Gasteiger charge is 2.43. The summed E-state index contributed by atoms with van der Waals surface area (Å²) in [5.74, 6) is -0.275. The fraction of sp³-hybridized carbons (Fsp3) is 1.00.